The fourth-order valence-corrected chi connectivity index (χ4v) is 6.23. The molecule has 53 heavy (non-hydrogen) atoms. The van der Waals surface area contributed by atoms with Gasteiger partial charge in [-0.15, -0.1) is 11.3 Å². The van der Waals surface area contributed by atoms with Crippen molar-refractivity contribution in [2.75, 3.05) is 7.11 Å². The molecule has 262 valence electrons. The number of carbonyl (C=O) groups is 2. The fraction of sp³-hybridized carbons (Fsp3) is 0.0263. The molecular formula is C38H25N5O8S2. The number of carboxylic acid groups (broad SMARTS) is 1. The molecule has 0 saturated carbocycles. The van der Waals surface area contributed by atoms with Gasteiger partial charge in [0.2, 0.25) is 0 Å². The number of aromatic carboxylic acids is 1. The maximum atomic E-state index is 12.0. The minimum absolute atomic E-state index is 0.0399. The zero-order valence-corrected chi connectivity index (χ0v) is 29.1. The molecule has 3 N–H and O–H groups in total. The zero-order valence-electron chi connectivity index (χ0n) is 27.5. The van der Waals surface area contributed by atoms with Gasteiger partial charge in [0.05, 0.1) is 56.5 Å². The van der Waals surface area contributed by atoms with E-state index in [1.807, 2.05) is 5.38 Å². The number of nitro benzene ring substituents is 2. The topological polar surface area (TPSA) is 213 Å². The smallest absolute Gasteiger partial charge is 0.338 e. The lowest BCUT2D eigenvalue weighted by atomic mass is 9.96. The van der Waals surface area contributed by atoms with Gasteiger partial charge in [-0.05, 0) is 36.4 Å². The Hall–Kier alpha value is -7.15. The monoisotopic (exact) mass is 743 g/mol. The average Bonchev–Trinajstić information content (AvgIpc) is 3.68. The Morgan fingerprint density at radius 3 is 1.89 bits per heavy atom. The van der Waals surface area contributed by atoms with E-state index in [1.54, 1.807) is 72.8 Å². The highest BCUT2D eigenvalue weighted by atomic mass is 32.1. The Balaban J connectivity index is 0.000000217. The number of rotatable bonds is 9. The van der Waals surface area contributed by atoms with Gasteiger partial charge < -0.3 is 15.6 Å². The van der Waals surface area contributed by atoms with E-state index in [1.165, 1.54) is 54.8 Å². The van der Waals surface area contributed by atoms with Crippen molar-refractivity contribution in [2.24, 2.45) is 5.73 Å². The number of nitrogens with zero attached hydrogens (tertiary/aromatic N) is 4. The summed E-state index contributed by atoms with van der Waals surface area (Å²) in [6, 6.07) is 30.7. The number of carboxylic acids is 1. The molecule has 0 radical (unpaired) electrons. The third kappa shape index (κ3) is 8.26. The lowest BCUT2D eigenvalue weighted by molar-refractivity contribution is -0.384. The average molecular weight is 744 g/mol. The summed E-state index contributed by atoms with van der Waals surface area (Å²) in [7, 11) is 1.24. The number of benzene rings is 5. The quantitative estimate of drug-likeness (QED) is 0.0619. The molecule has 0 saturated heterocycles. The highest BCUT2D eigenvalue weighted by Gasteiger charge is 2.23. The van der Waals surface area contributed by atoms with Gasteiger partial charge >= 0.3 is 11.9 Å². The number of para-hydroxylation sites is 2. The maximum Gasteiger partial charge on any atom is 0.338 e. The van der Waals surface area contributed by atoms with Crippen molar-refractivity contribution in [3.05, 3.63) is 157 Å². The molecule has 0 aliphatic heterocycles. The van der Waals surface area contributed by atoms with Crippen LogP contribution in [0.5, 0.6) is 0 Å². The van der Waals surface area contributed by atoms with Crippen LogP contribution in [0.1, 0.15) is 31.8 Å². The number of thiocarbonyl (C=S) groups is 1. The Morgan fingerprint density at radius 1 is 0.811 bits per heavy atom. The van der Waals surface area contributed by atoms with Crippen LogP contribution in [-0.4, -0.2) is 44.0 Å². The summed E-state index contributed by atoms with van der Waals surface area (Å²) in [6.45, 7) is 0. The molecule has 0 fully saturated rings. The molecule has 0 spiro atoms. The van der Waals surface area contributed by atoms with Gasteiger partial charge in [0.25, 0.3) is 11.4 Å². The summed E-state index contributed by atoms with van der Waals surface area (Å²) in [5.74, 6) is -1.80. The molecule has 0 aliphatic carbocycles. The number of nitrogens with two attached hydrogens (primary N) is 1. The number of carbonyl (C=O) groups excluding carboxylic acids is 1. The molecule has 6 aromatic rings. The normalized spacial score (nSPS) is 10.3. The minimum atomic E-state index is -1.18. The molecule has 6 rings (SSSR count). The predicted molar refractivity (Wildman–Crippen MR) is 203 cm³/mol. The number of aromatic nitrogens is 1. The first-order valence-electron chi connectivity index (χ1n) is 15.3. The fourth-order valence-electron chi connectivity index (χ4n) is 5.28. The Bertz CT molecular complexity index is 2460. The van der Waals surface area contributed by atoms with E-state index in [4.69, 9.17) is 28.0 Å². The van der Waals surface area contributed by atoms with Crippen LogP contribution in [0.3, 0.4) is 0 Å². The number of hydrogen-bond acceptors (Lipinski definition) is 11. The lowest BCUT2D eigenvalue weighted by Gasteiger charge is -2.10. The standard InChI is InChI=1S/C23H13N3O4S.C15H12N2O4S/c24-12-14-5-7-15(8-6-14)20-13-31-22(25-20)16-9-10-17(19(11-16)23(27)28)18-3-1-2-4-21(18)26(29)30;1-21-15(18)12-8-9(14(16)22)6-7-10(12)11-4-2-3-5-13(11)17(19)20/h1-11,13H,(H,27,28);2-8H,1H3,(H2,16,22). The zero-order chi connectivity index (χ0) is 38.2. The summed E-state index contributed by atoms with van der Waals surface area (Å²) in [5, 5.41) is 43.7. The van der Waals surface area contributed by atoms with Crippen LogP contribution in [-0.2, 0) is 4.74 Å². The molecule has 0 bridgehead atoms. The van der Waals surface area contributed by atoms with Gasteiger partial charge in [-0.25, -0.2) is 14.6 Å². The van der Waals surface area contributed by atoms with Crippen LogP contribution < -0.4 is 5.73 Å². The summed E-state index contributed by atoms with van der Waals surface area (Å²) in [6.07, 6.45) is 0. The molecule has 15 heteroatoms. The number of nitro groups is 2. The largest absolute Gasteiger partial charge is 0.478 e. The van der Waals surface area contributed by atoms with Crippen LogP contribution >= 0.6 is 23.6 Å². The second-order valence-corrected chi connectivity index (χ2v) is 12.3. The maximum absolute atomic E-state index is 12.0. The van der Waals surface area contributed by atoms with Crippen LogP contribution in [0.4, 0.5) is 11.4 Å². The van der Waals surface area contributed by atoms with Crippen molar-refractivity contribution in [1.82, 2.24) is 4.98 Å². The van der Waals surface area contributed by atoms with E-state index in [0.717, 1.165) is 5.56 Å². The van der Waals surface area contributed by atoms with Gasteiger partial charge in [-0.3, -0.25) is 20.2 Å². The van der Waals surface area contributed by atoms with Gasteiger partial charge in [0, 0.05) is 45.3 Å². The Labute approximate surface area is 310 Å². The third-order valence-electron chi connectivity index (χ3n) is 7.80. The number of nitriles is 1. The van der Waals surface area contributed by atoms with Crippen LogP contribution in [0.25, 0.3) is 44.1 Å². The number of thiazole rings is 1. The van der Waals surface area contributed by atoms with E-state index in [2.05, 4.69) is 11.1 Å². The number of methoxy groups -OCH3 is 1. The Kier molecular flexibility index (Phi) is 11.4. The second kappa shape index (κ2) is 16.2. The highest BCUT2D eigenvalue weighted by molar-refractivity contribution is 7.80. The first kappa shape index (κ1) is 37.1. The predicted octanol–water partition coefficient (Wildman–Crippen LogP) is 8.30. The molecule has 0 amide bonds. The summed E-state index contributed by atoms with van der Waals surface area (Å²) >= 11 is 6.25. The van der Waals surface area contributed by atoms with E-state index < -0.39 is 21.8 Å². The molecule has 0 aliphatic rings. The van der Waals surface area contributed by atoms with Crippen molar-refractivity contribution in [3.63, 3.8) is 0 Å². The summed E-state index contributed by atoms with van der Waals surface area (Å²) in [4.78, 5) is 50.1. The van der Waals surface area contributed by atoms with Gasteiger partial charge in [-0.2, -0.15) is 5.26 Å². The van der Waals surface area contributed by atoms with Crippen LogP contribution in [0.2, 0.25) is 0 Å². The van der Waals surface area contributed by atoms with Crippen molar-refractivity contribution in [1.29, 1.82) is 5.26 Å². The molecule has 1 heterocycles. The lowest BCUT2D eigenvalue weighted by Crippen LogP contribution is -2.12. The SMILES string of the molecule is COC(=O)c1cc(C(N)=S)ccc1-c1ccccc1[N+](=O)[O-].N#Cc1ccc(-c2csc(-c3ccc(-c4ccccc4[N+](=O)[O-])c(C(=O)O)c3)n2)cc1. The summed E-state index contributed by atoms with van der Waals surface area (Å²) < 4.78 is 4.74. The van der Waals surface area contributed by atoms with Crippen LogP contribution in [0.15, 0.2) is 115 Å². The van der Waals surface area contributed by atoms with Gasteiger partial charge in [0.15, 0.2) is 0 Å². The minimum Gasteiger partial charge on any atom is -0.478 e. The summed E-state index contributed by atoms with van der Waals surface area (Å²) in [5.41, 5.74) is 9.85. The molecule has 1 aromatic heterocycles. The van der Waals surface area contributed by atoms with Crippen molar-refractivity contribution in [2.45, 2.75) is 0 Å². The van der Waals surface area contributed by atoms with E-state index in [0.29, 0.717) is 38.5 Å². The van der Waals surface area contributed by atoms with Crippen molar-refractivity contribution >= 4 is 51.9 Å². The first-order chi connectivity index (χ1) is 25.4. The van der Waals surface area contributed by atoms with E-state index >= 15 is 0 Å². The van der Waals surface area contributed by atoms with Crippen molar-refractivity contribution < 1.29 is 29.3 Å². The molecule has 0 unspecified atom stereocenters. The second-order valence-electron chi connectivity index (χ2n) is 11.0. The van der Waals surface area contributed by atoms with Gasteiger partial charge in [-0.1, -0.05) is 72.9 Å². The number of ether oxygens (including phenoxy) is 1. The number of esters is 1. The molecule has 5 aromatic carbocycles. The highest BCUT2D eigenvalue weighted by Crippen LogP contribution is 2.37. The Morgan fingerprint density at radius 2 is 1.36 bits per heavy atom. The van der Waals surface area contributed by atoms with E-state index in [-0.39, 0.29) is 38.6 Å². The van der Waals surface area contributed by atoms with Gasteiger partial charge in [0.1, 0.15) is 10.00 Å². The first-order valence-corrected chi connectivity index (χ1v) is 16.6. The third-order valence-corrected chi connectivity index (χ3v) is 8.93. The van der Waals surface area contributed by atoms with Crippen molar-refractivity contribution in [3.8, 4) is 50.2 Å². The molecule has 0 atom stereocenters. The molecular weight excluding hydrogens is 719 g/mol. The van der Waals surface area contributed by atoms with Crippen LogP contribution in [0, 0.1) is 31.6 Å². The number of hydrogen-bond donors (Lipinski definition) is 2. The van der Waals surface area contributed by atoms with E-state index in [9.17, 15) is 34.9 Å². The molecule has 13 nitrogen and oxygen atoms in total.